The second kappa shape index (κ2) is 7.19. The Bertz CT molecular complexity index is 885. The van der Waals surface area contributed by atoms with E-state index in [1.165, 1.54) is 23.5 Å². The van der Waals surface area contributed by atoms with E-state index in [2.05, 4.69) is 18.8 Å². The zero-order chi connectivity index (χ0) is 18.0. The highest BCUT2D eigenvalue weighted by molar-refractivity contribution is 7.13. The largest absolute Gasteiger partial charge is 0.477 e. The van der Waals surface area contributed by atoms with Crippen molar-refractivity contribution in [1.82, 2.24) is 9.55 Å². The number of rotatable bonds is 6. The summed E-state index contributed by atoms with van der Waals surface area (Å²) in [5.41, 5.74) is 2.56. The summed E-state index contributed by atoms with van der Waals surface area (Å²) in [7, 11) is 0. The van der Waals surface area contributed by atoms with Crippen molar-refractivity contribution in [3.8, 4) is 10.6 Å². The Labute approximate surface area is 149 Å². The molecule has 0 saturated heterocycles. The molecule has 2 heterocycles. The quantitative estimate of drug-likeness (QED) is 0.695. The maximum Gasteiger partial charge on any atom is 0.353 e. The Morgan fingerprint density at radius 1 is 1.40 bits per heavy atom. The van der Waals surface area contributed by atoms with Crippen LogP contribution in [0.2, 0.25) is 0 Å². The van der Waals surface area contributed by atoms with E-state index in [9.17, 15) is 14.3 Å². The number of carboxylic acid groups (broad SMARTS) is 1. The van der Waals surface area contributed by atoms with Crippen LogP contribution < -0.4 is 0 Å². The fourth-order valence-electron chi connectivity index (χ4n) is 2.98. The molecule has 0 aliphatic heterocycles. The minimum absolute atomic E-state index is 0.204. The summed E-state index contributed by atoms with van der Waals surface area (Å²) in [5, 5.41) is 12.3. The molecule has 0 radical (unpaired) electrons. The van der Waals surface area contributed by atoms with Gasteiger partial charge in [-0.3, -0.25) is 0 Å². The number of carbonyl (C=O) groups is 1. The average Bonchev–Trinajstić information content (AvgIpc) is 3.14. The van der Waals surface area contributed by atoms with Crippen LogP contribution in [0, 0.1) is 11.7 Å². The molecular weight excluding hydrogens is 339 g/mol. The molecule has 2 aromatic heterocycles. The molecule has 0 aliphatic carbocycles. The van der Waals surface area contributed by atoms with Crippen LogP contribution in [0.15, 0.2) is 42.0 Å². The van der Waals surface area contributed by atoms with Crippen molar-refractivity contribution >= 4 is 17.3 Å². The van der Waals surface area contributed by atoms with Crippen LogP contribution in [-0.4, -0.2) is 20.6 Å². The molecule has 3 rings (SSSR count). The number of aromatic carboxylic acids is 1. The molecule has 0 bridgehead atoms. The third-order valence-corrected chi connectivity index (χ3v) is 4.67. The van der Waals surface area contributed by atoms with Gasteiger partial charge in [-0.1, -0.05) is 26.0 Å². The van der Waals surface area contributed by atoms with Crippen molar-refractivity contribution < 1.29 is 14.3 Å². The standard InChI is InChI=1S/C19H19FN2O2S/c1-12(2)8-14-11-22(10-13-4-3-5-15(20)9-13)17(19(23)24)16(14)18-21-6-7-25-18/h3-7,9,11-12H,8,10H2,1-2H3,(H,23,24). The molecule has 0 aliphatic rings. The highest BCUT2D eigenvalue weighted by Crippen LogP contribution is 2.33. The van der Waals surface area contributed by atoms with Gasteiger partial charge in [0.2, 0.25) is 0 Å². The van der Waals surface area contributed by atoms with E-state index in [0.29, 0.717) is 23.0 Å². The van der Waals surface area contributed by atoms with E-state index in [1.54, 1.807) is 22.9 Å². The maximum atomic E-state index is 13.5. The van der Waals surface area contributed by atoms with Gasteiger partial charge in [0, 0.05) is 29.9 Å². The third kappa shape index (κ3) is 3.79. The Balaban J connectivity index is 2.13. The molecule has 1 aromatic carbocycles. The zero-order valence-electron chi connectivity index (χ0n) is 14.1. The molecule has 3 aromatic rings. The highest BCUT2D eigenvalue weighted by Gasteiger charge is 2.24. The molecule has 6 heteroatoms. The number of nitrogens with zero attached hydrogens (tertiary/aromatic N) is 2. The summed E-state index contributed by atoms with van der Waals surface area (Å²) >= 11 is 1.42. The molecule has 130 valence electrons. The van der Waals surface area contributed by atoms with Gasteiger partial charge in [0.1, 0.15) is 16.5 Å². The predicted molar refractivity (Wildman–Crippen MR) is 96.5 cm³/mol. The molecule has 0 spiro atoms. The van der Waals surface area contributed by atoms with Crippen LogP contribution in [-0.2, 0) is 13.0 Å². The highest BCUT2D eigenvalue weighted by atomic mass is 32.1. The van der Waals surface area contributed by atoms with E-state index < -0.39 is 5.97 Å². The van der Waals surface area contributed by atoms with Gasteiger partial charge in [0.15, 0.2) is 0 Å². The van der Waals surface area contributed by atoms with Crippen molar-refractivity contribution in [2.75, 3.05) is 0 Å². The number of hydrogen-bond donors (Lipinski definition) is 1. The number of thiazole rings is 1. The van der Waals surface area contributed by atoms with Gasteiger partial charge in [-0.15, -0.1) is 11.3 Å². The zero-order valence-corrected chi connectivity index (χ0v) is 14.9. The van der Waals surface area contributed by atoms with Gasteiger partial charge < -0.3 is 9.67 Å². The monoisotopic (exact) mass is 358 g/mol. The normalized spacial score (nSPS) is 11.2. The van der Waals surface area contributed by atoms with Crippen molar-refractivity contribution in [2.45, 2.75) is 26.8 Å². The molecule has 1 N–H and O–H groups in total. The van der Waals surface area contributed by atoms with Crippen LogP contribution in [0.4, 0.5) is 4.39 Å². The SMILES string of the molecule is CC(C)Cc1cn(Cc2cccc(F)c2)c(C(=O)O)c1-c1nccs1. The lowest BCUT2D eigenvalue weighted by Crippen LogP contribution is -2.10. The van der Waals surface area contributed by atoms with Crippen LogP contribution in [0.1, 0.15) is 35.5 Å². The van der Waals surface area contributed by atoms with Crippen LogP contribution in [0.25, 0.3) is 10.6 Å². The summed E-state index contributed by atoms with van der Waals surface area (Å²) in [6, 6.07) is 6.23. The second-order valence-electron chi connectivity index (χ2n) is 6.38. The number of hydrogen-bond acceptors (Lipinski definition) is 3. The summed E-state index contributed by atoms with van der Waals surface area (Å²) in [4.78, 5) is 16.3. The molecule has 0 atom stereocenters. The second-order valence-corrected chi connectivity index (χ2v) is 7.27. The first kappa shape index (κ1) is 17.4. The molecular formula is C19H19FN2O2S. The van der Waals surface area contributed by atoms with Crippen molar-refractivity contribution in [3.05, 3.63) is 64.7 Å². The minimum Gasteiger partial charge on any atom is -0.477 e. The van der Waals surface area contributed by atoms with E-state index in [1.807, 2.05) is 11.6 Å². The first-order valence-electron chi connectivity index (χ1n) is 8.05. The van der Waals surface area contributed by atoms with Crippen molar-refractivity contribution in [3.63, 3.8) is 0 Å². The lowest BCUT2D eigenvalue weighted by atomic mass is 10.0. The van der Waals surface area contributed by atoms with Gasteiger partial charge in [-0.2, -0.15) is 0 Å². The lowest BCUT2D eigenvalue weighted by Gasteiger charge is -2.08. The molecule has 0 saturated carbocycles. The van der Waals surface area contributed by atoms with E-state index in [0.717, 1.165) is 17.5 Å². The number of halogens is 1. The van der Waals surface area contributed by atoms with Crippen LogP contribution >= 0.6 is 11.3 Å². The Morgan fingerprint density at radius 3 is 2.80 bits per heavy atom. The molecule has 0 fully saturated rings. The summed E-state index contributed by atoms with van der Waals surface area (Å²) in [5.74, 6) is -0.953. The third-order valence-electron chi connectivity index (χ3n) is 3.88. The molecule has 25 heavy (non-hydrogen) atoms. The summed E-state index contributed by atoms with van der Waals surface area (Å²) < 4.78 is 15.2. The van der Waals surface area contributed by atoms with Crippen molar-refractivity contribution in [1.29, 1.82) is 0 Å². The first-order valence-corrected chi connectivity index (χ1v) is 8.93. The van der Waals surface area contributed by atoms with Gasteiger partial charge in [-0.25, -0.2) is 14.2 Å². The average molecular weight is 358 g/mol. The van der Waals surface area contributed by atoms with Gasteiger partial charge in [0.05, 0.1) is 0 Å². The topological polar surface area (TPSA) is 55.1 Å². The van der Waals surface area contributed by atoms with Crippen LogP contribution in [0.5, 0.6) is 0 Å². The molecule has 4 nitrogen and oxygen atoms in total. The predicted octanol–water partition coefficient (Wildman–Crippen LogP) is 4.70. The Hall–Kier alpha value is -2.47. The molecule has 0 amide bonds. The fourth-order valence-corrected chi connectivity index (χ4v) is 3.70. The Morgan fingerprint density at radius 2 is 2.20 bits per heavy atom. The number of aromatic nitrogens is 2. The van der Waals surface area contributed by atoms with Gasteiger partial charge in [0.25, 0.3) is 0 Å². The van der Waals surface area contributed by atoms with E-state index in [-0.39, 0.29) is 11.5 Å². The lowest BCUT2D eigenvalue weighted by molar-refractivity contribution is 0.0686. The Kier molecular flexibility index (Phi) is 4.99. The van der Waals surface area contributed by atoms with E-state index in [4.69, 9.17) is 0 Å². The van der Waals surface area contributed by atoms with Gasteiger partial charge in [-0.05, 0) is 35.6 Å². The number of carboxylic acids is 1. The summed E-state index contributed by atoms with van der Waals surface area (Å²) in [6.07, 6.45) is 4.30. The maximum absolute atomic E-state index is 13.5. The smallest absolute Gasteiger partial charge is 0.353 e. The first-order chi connectivity index (χ1) is 12.0. The fraction of sp³-hybridized carbons (Fsp3) is 0.263. The summed E-state index contributed by atoms with van der Waals surface area (Å²) in [6.45, 7) is 4.49. The van der Waals surface area contributed by atoms with Crippen molar-refractivity contribution in [2.24, 2.45) is 5.92 Å². The molecule has 0 unspecified atom stereocenters. The number of benzene rings is 1. The van der Waals surface area contributed by atoms with E-state index >= 15 is 0 Å². The van der Waals surface area contributed by atoms with Crippen LogP contribution in [0.3, 0.4) is 0 Å². The minimum atomic E-state index is -1.00. The van der Waals surface area contributed by atoms with Gasteiger partial charge >= 0.3 is 5.97 Å².